The van der Waals surface area contributed by atoms with Crippen LogP contribution in [0.25, 0.3) is 0 Å². The van der Waals surface area contributed by atoms with E-state index in [1.807, 2.05) is 20.8 Å². The predicted molar refractivity (Wildman–Crippen MR) is 60.0 cm³/mol. The molecule has 1 rings (SSSR count). The topological polar surface area (TPSA) is 66.4 Å². The van der Waals surface area contributed by atoms with E-state index in [0.29, 0.717) is 5.92 Å². The van der Waals surface area contributed by atoms with Crippen LogP contribution in [0.3, 0.4) is 0 Å². The van der Waals surface area contributed by atoms with Gasteiger partial charge in [0.15, 0.2) is 0 Å². The molecule has 0 aromatic heterocycles. The van der Waals surface area contributed by atoms with E-state index in [9.17, 15) is 13.5 Å². The molecular weight excluding hydrogens is 214 g/mol. The summed E-state index contributed by atoms with van der Waals surface area (Å²) in [6.45, 7) is 5.79. The Morgan fingerprint density at radius 1 is 1.40 bits per heavy atom. The number of rotatable bonds is 5. The number of hydrogen-bond donors (Lipinski definition) is 2. The van der Waals surface area contributed by atoms with Gasteiger partial charge in [-0.15, -0.1) is 0 Å². The van der Waals surface area contributed by atoms with E-state index in [4.69, 9.17) is 0 Å². The van der Waals surface area contributed by atoms with Gasteiger partial charge in [0.25, 0.3) is 0 Å². The fourth-order valence-electron chi connectivity index (χ4n) is 1.48. The van der Waals surface area contributed by atoms with E-state index >= 15 is 0 Å². The first-order valence-electron chi connectivity index (χ1n) is 5.35. The van der Waals surface area contributed by atoms with E-state index in [1.165, 1.54) is 0 Å². The molecule has 5 heteroatoms. The first kappa shape index (κ1) is 12.9. The maximum absolute atomic E-state index is 11.6. The minimum absolute atomic E-state index is 0.0946. The van der Waals surface area contributed by atoms with Crippen LogP contribution in [-0.2, 0) is 10.0 Å². The van der Waals surface area contributed by atoms with Crippen LogP contribution in [0.1, 0.15) is 33.6 Å². The molecule has 0 aromatic rings. The molecule has 4 nitrogen and oxygen atoms in total. The van der Waals surface area contributed by atoms with Crippen molar-refractivity contribution < 1.29 is 13.5 Å². The van der Waals surface area contributed by atoms with E-state index in [1.54, 1.807) is 0 Å². The quantitative estimate of drug-likeness (QED) is 0.738. The Morgan fingerprint density at radius 3 is 2.33 bits per heavy atom. The van der Waals surface area contributed by atoms with Gasteiger partial charge in [0, 0.05) is 6.54 Å². The molecule has 0 aromatic carbocycles. The molecule has 1 unspecified atom stereocenters. The molecule has 1 atom stereocenters. The molecule has 0 saturated heterocycles. The highest BCUT2D eigenvalue weighted by atomic mass is 32.2. The van der Waals surface area contributed by atoms with Crippen LogP contribution in [0.4, 0.5) is 0 Å². The second-order valence-corrected chi connectivity index (χ2v) is 7.38. The minimum atomic E-state index is -3.25. The third kappa shape index (κ3) is 5.49. The highest BCUT2D eigenvalue weighted by molar-refractivity contribution is 7.89. The molecule has 15 heavy (non-hydrogen) atoms. The van der Waals surface area contributed by atoms with Gasteiger partial charge < -0.3 is 5.11 Å². The number of sulfonamides is 1. The smallest absolute Gasteiger partial charge is 0.212 e. The summed E-state index contributed by atoms with van der Waals surface area (Å²) in [5.41, 5.74) is -0.254. The number of hydrogen-bond acceptors (Lipinski definition) is 3. The van der Waals surface area contributed by atoms with E-state index in [0.717, 1.165) is 12.8 Å². The summed E-state index contributed by atoms with van der Waals surface area (Å²) in [6, 6.07) is 0. The van der Waals surface area contributed by atoms with Crippen LogP contribution in [0.2, 0.25) is 0 Å². The Balaban J connectivity index is 2.35. The fraction of sp³-hybridized carbons (Fsp3) is 1.00. The van der Waals surface area contributed by atoms with E-state index in [2.05, 4.69) is 4.72 Å². The van der Waals surface area contributed by atoms with Crippen molar-refractivity contribution in [2.45, 2.75) is 39.7 Å². The maximum atomic E-state index is 11.6. The molecule has 1 saturated carbocycles. The van der Waals surface area contributed by atoms with Gasteiger partial charge in [-0.05, 0) is 24.2 Å². The van der Waals surface area contributed by atoms with E-state index in [-0.39, 0.29) is 17.7 Å². The van der Waals surface area contributed by atoms with Gasteiger partial charge in [0.1, 0.15) is 0 Å². The lowest BCUT2D eigenvalue weighted by molar-refractivity contribution is 0.155. The SMILES string of the molecule is CC(C)(C)CS(=O)(=O)NCC(O)C1CC1. The lowest BCUT2D eigenvalue weighted by Gasteiger charge is -2.19. The van der Waals surface area contributed by atoms with Gasteiger partial charge in [-0.1, -0.05) is 20.8 Å². The lowest BCUT2D eigenvalue weighted by atomic mass is 10.0. The molecule has 0 heterocycles. The van der Waals surface area contributed by atoms with Crippen molar-refractivity contribution in [2.24, 2.45) is 11.3 Å². The van der Waals surface area contributed by atoms with Gasteiger partial charge in [-0.25, -0.2) is 13.1 Å². The molecule has 90 valence electrons. The first-order valence-corrected chi connectivity index (χ1v) is 7.00. The summed E-state index contributed by atoms with van der Waals surface area (Å²) in [4.78, 5) is 0. The Kier molecular flexibility index (Phi) is 3.79. The van der Waals surface area contributed by atoms with Crippen LogP contribution in [0.15, 0.2) is 0 Å². The standard InChI is InChI=1S/C10H21NO3S/c1-10(2,3)7-15(13,14)11-6-9(12)8-4-5-8/h8-9,11-12H,4-7H2,1-3H3. The van der Waals surface area contributed by atoms with Crippen LogP contribution in [0.5, 0.6) is 0 Å². The number of aliphatic hydroxyl groups is 1. The van der Waals surface area contributed by atoms with Crippen molar-refractivity contribution >= 4 is 10.0 Å². The number of nitrogens with one attached hydrogen (secondary N) is 1. The van der Waals surface area contributed by atoms with Crippen LogP contribution in [-0.4, -0.2) is 31.9 Å². The molecule has 0 spiro atoms. The van der Waals surface area contributed by atoms with Crippen LogP contribution < -0.4 is 4.72 Å². The van der Waals surface area contributed by atoms with E-state index < -0.39 is 16.1 Å². The largest absolute Gasteiger partial charge is 0.391 e. The lowest BCUT2D eigenvalue weighted by Crippen LogP contribution is -2.37. The Hall–Kier alpha value is -0.130. The zero-order chi connectivity index (χ0) is 11.7. The fourth-order valence-corrected chi connectivity index (χ4v) is 3.15. The molecule has 0 bridgehead atoms. The molecule has 1 aliphatic rings. The normalized spacial score (nSPS) is 20.3. The van der Waals surface area contributed by atoms with Gasteiger partial charge >= 0.3 is 0 Å². The van der Waals surface area contributed by atoms with Gasteiger partial charge in [0.2, 0.25) is 10.0 Å². The van der Waals surface area contributed by atoms with Crippen molar-refractivity contribution in [3.05, 3.63) is 0 Å². The summed E-state index contributed by atoms with van der Waals surface area (Å²) >= 11 is 0. The second-order valence-electron chi connectivity index (χ2n) is 5.57. The third-order valence-electron chi connectivity index (χ3n) is 2.30. The predicted octanol–water partition coefficient (Wildman–Crippen LogP) is 0.723. The van der Waals surface area contributed by atoms with Crippen molar-refractivity contribution in [3.63, 3.8) is 0 Å². The van der Waals surface area contributed by atoms with Crippen LogP contribution >= 0.6 is 0 Å². The molecule has 1 aliphatic carbocycles. The average Bonchev–Trinajstić information content (AvgIpc) is 2.77. The van der Waals surface area contributed by atoms with Crippen LogP contribution in [0, 0.1) is 11.3 Å². The summed E-state index contributed by atoms with van der Waals surface area (Å²) in [5, 5.41) is 9.52. The molecular formula is C10H21NO3S. The monoisotopic (exact) mass is 235 g/mol. The molecule has 1 fully saturated rings. The van der Waals surface area contributed by atoms with Gasteiger partial charge in [-0.2, -0.15) is 0 Å². The molecule has 0 radical (unpaired) electrons. The van der Waals surface area contributed by atoms with Crippen molar-refractivity contribution in [3.8, 4) is 0 Å². The Morgan fingerprint density at radius 2 is 1.93 bits per heavy atom. The Bertz CT molecular complexity index is 301. The molecule has 0 aliphatic heterocycles. The zero-order valence-corrected chi connectivity index (χ0v) is 10.5. The molecule has 0 amide bonds. The zero-order valence-electron chi connectivity index (χ0n) is 9.66. The first-order chi connectivity index (χ1) is 6.70. The summed E-state index contributed by atoms with van der Waals surface area (Å²) < 4.78 is 25.6. The minimum Gasteiger partial charge on any atom is -0.391 e. The summed E-state index contributed by atoms with van der Waals surface area (Å²) in [6.07, 6.45) is 1.52. The number of aliphatic hydroxyl groups excluding tert-OH is 1. The summed E-state index contributed by atoms with van der Waals surface area (Å²) in [7, 11) is -3.25. The van der Waals surface area contributed by atoms with Crippen molar-refractivity contribution in [2.75, 3.05) is 12.3 Å². The molecule has 2 N–H and O–H groups in total. The maximum Gasteiger partial charge on any atom is 0.212 e. The second kappa shape index (κ2) is 4.39. The van der Waals surface area contributed by atoms with Gasteiger partial charge in [-0.3, -0.25) is 0 Å². The highest BCUT2D eigenvalue weighted by Crippen LogP contribution is 2.32. The average molecular weight is 235 g/mol. The Labute approximate surface area is 92.1 Å². The highest BCUT2D eigenvalue weighted by Gasteiger charge is 2.31. The summed E-state index contributed by atoms with van der Waals surface area (Å²) in [5.74, 6) is 0.402. The van der Waals surface area contributed by atoms with Crippen molar-refractivity contribution in [1.29, 1.82) is 0 Å². The third-order valence-corrected chi connectivity index (χ3v) is 4.15. The van der Waals surface area contributed by atoms with Crippen molar-refractivity contribution in [1.82, 2.24) is 4.72 Å². The van der Waals surface area contributed by atoms with Gasteiger partial charge in [0.05, 0.1) is 11.9 Å².